The summed E-state index contributed by atoms with van der Waals surface area (Å²) in [6.45, 7) is 4.56. The summed E-state index contributed by atoms with van der Waals surface area (Å²) in [5, 5.41) is 18.9. The van der Waals surface area contributed by atoms with Crippen LogP contribution in [-0.2, 0) is 0 Å². The van der Waals surface area contributed by atoms with Crippen molar-refractivity contribution in [1.82, 2.24) is 0 Å². The lowest BCUT2D eigenvalue weighted by Crippen LogP contribution is -2.41. The standard InChI is InChI=1S/C14H23NO/c1-10(7-9-15)11-5-6-12-13(16)4-3-8-14(11,12)2/h10-13,16H,3-8H2,1-2H3/t10?,11-,12+,13+,14-/m1/s1. The SMILES string of the molecule is CC(CC#N)[C@H]1CC[C@H]2[C@@H](O)CCC[C@]12C. The minimum absolute atomic E-state index is 0.0852. The molecule has 0 aromatic heterocycles. The zero-order chi connectivity index (χ0) is 11.8. The summed E-state index contributed by atoms with van der Waals surface area (Å²) in [5.74, 6) is 1.63. The van der Waals surface area contributed by atoms with E-state index in [0.717, 1.165) is 19.3 Å². The van der Waals surface area contributed by atoms with Crippen molar-refractivity contribution in [2.24, 2.45) is 23.2 Å². The van der Waals surface area contributed by atoms with E-state index in [-0.39, 0.29) is 6.10 Å². The Morgan fingerprint density at radius 3 is 2.88 bits per heavy atom. The number of fused-ring (bicyclic) bond motifs is 1. The molecule has 1 N–H and O–H groups in total. The molecule has 2 aliphatic rings. The van der Waals surface area contributed by atoms with Crippen LogP contribution in [0.3, 0.4) is 0 Å². The zero-order valence-corrected chi connectivity index (χ0v) is 10.4. The van der Waals surface area contributed by atoms with Crippen molar-refractivity contribution in [1.29, 1.82) is 5.26 Å². The Balaban J connectivity index is 2.15. The van der Waals surface area contributed by atoms with E-state index < -0.39 is 0 Å². The van der Waals surface area contributed by atoms with Crippen LogP contribution in [0.5, 0.6) is 0 Å². The number of aliphatic hydroxyl groups is 1. The van der Waals surface area contributed by atoms with Gasteiger partial charge in [0, 0.05) is 6.42 Å². The smallest absolute Gasteiger partial charge is 0.0624 e. The van der Waals surface area contributed by atoms with Gasteiger partial charge in [0.05, 0.1) is 12.2 Å². The summed E-state index contributed by atoms with van der Waals surface area (Å²) in [6, 6.07) is 2.31. The number of hydrogen-bond acceptors (Lipinski definition) is 2. The van der Waals surface area contributed by atoms with Gasteiger partial charge in [0.2, 0.25) is 0 Å². The Bertz CT molecular complexity index is 296. The molecule has 0 saturated heterocycles. The first-order valence-corrected chi connectivity index (χ1v) is 6.64. The van der Waals surface area contributed by atoms with E-state index in [1.807, 2.05) is 0 Å². The van der Waals surface area contributed by atoms with Gasteiger partial charge in [-0.25, -0.2) is 0 Å². The van der Waals surface area contributed by atoms with Gasteiger partial charge in [-0.05, 0) is 48.9 Å². The van der Waals surface area contributed by atoms with Crippen molar-refractivity contribution < 1.29 is 5.11 Å². The van der Waals surface area contributed by atoms with Crippen molar-refractivity contribution in [3.63, 3.8) is 0 Å². The lowest BCUT2D eigenvalue weighted by atomic mass is 9.61. The lowest BCUT2D eigenvalue weighted by Gasteiger charge is -2.44. The molecule has 90 valence electrons. The van der Waals surface area contributed by atoms with Crippen molar-refractivity contribution in [2.75, 3.05) is 0 Å². The number of rotatable bonds is 2. The molecule has 2 nitrogen and oxygen atoms in total. The van der Waals surface area contributed by atoms with E-state index in [1.165, 1.54) is 12.8 Å². The predicted molar refractivity (Wildman–Crippen MR) is 63.6 cm³/mol. The second kappa shape index (κ2) is 4.37. The monoisotopic (exact) mass is 221 g/mol. The molecule has 0 radical (unpaired) electrons. The molecule has 2 rings (SSSR count). The molecule has 0 amide bonds. The third-order valence-corrected chi connectivity index (χ3v) is 5.26. The van der Waals surface area contributed by atoms with Crippen molar-refractivity contribution in [2.45, 2.75) is 58.5 Å². The van der Waals surface area contributed by atoms with Crippen LogP contribution in [0.25, 0.3) is 0 Å². The van der Waals surface area contributed by atoms with E-state index in [0.29, 0.717) is 29.6 Å². The van der Waals surface area contributed by atoms with Gasteiger partial charge in [0.15, 0.2) is 0 Å². The molecule has 2 heteroatoms. The predicted octanol–water partition coefficient (Wildman–Crippen LogP) is 3.11. The molecular formula is C14H23NO. The Morgan fingerprint density at radius 2 is 2.19 bits per heavy atom. The molecule has 0 aromatic rings. The molecule has 1 unspecified atom stereocenters. The minimum Gasteiger partial charge on any atom is -0.393 e. The van der Waals surface area contributed by atoms with Crippen LogP contribution in [0.2, 0.25) is 0 Å². The van der Waals surface area contributed by atoms with Crippen LogP contribution in [0.4, 0.5) is 0 Å². The van der Waals surface area contributed by atoms with Gasteiger partial charge < -0.3 is 5.11 Å². The Labute approximate surface area is 98.7 Å². The summed E-state index contributed by atoms with van der Waals surface area (Å²) in [7, 11) is 0. The van der Waals surface area contributed by atoms with Crippen LogP contribution >= 0.6 is 0 Å². The van der Waals surface area contributed by atoms with E-state index in [4.69, 9.17) is 5.26 Å². The second-order valence-corrected chi connectivity index (χ2v) is 6.10. The molecule has 5 atom stereocenters. The summed E-state index contributed by atoms with van der Waals surface area (Å²) in [6.07, 6.45) is 6.35. The van der Waals surface area contributed by atoms with Gasteiger partial charge >= 0.3 is 0 Å². The molecule has 0 bridgehead atoms. The first-order chi connectivity index (χ1) is 7.59. The maximum absolute atomic E-state index is 10.1. The number of aliphatic hydroxyl groups excluding tert-OH is 1. The van der Waals surface area contributed by atoms with Crippen molar-refractivity contribution in [3.8, 4) is 6.07 Å². The quantitative estimate of drug-likeness (QED) is 0.778. The summed E-state index contributed by atoms with van der Waals surface area (Å²) in [4.78, 5) is 0. The van der Waals surface area contributed by atoms with E-state index >= 15 is 0 Å². The zero-order valence-electron chi connectivity index (χ0n) is 10.4. The fourth-order valence-corrected chi connectivity index (χ4v) is 4.41. The van der Waals surface area contributed by atoms with Gasteiger partial charge in [-0.2, -0.15) is 5.26 Å². The minimum atomic E-state index is -0.0852. The average Bonchev–Trinajstić information content (AvgIpc) is 2.57. The molecule has 16 heavy (non-hydrogen) atoms. The molecule has 2 fully saturated rings. The molecule has 0 heterocycles. The maximum Gasteiger partial charge on any atom is 0.0624 e. The van der Waals surface area contributed by atoms with E-state index in [1.54, 1.807) is 0 Å². The van der Waals surface area contributed by atoms with Crippen LogP contribution in [0.1, 0.15) is 52.4 Å². The van der Waals surface area contributed by atoms with Gasteiger partial charge in [0.25, 0.3) is 0 Å². The largest absolute Gasteiger partial charge is 0.393 e. The van der Waals surface area contributed by atoms with Crippen LogP contribution in [-0.4, -0.2) is 11.2 Å². The maximum atomic E-state index is 10.1. The molecule has 0 aromatic carbocycles. The highest BCUT2D eigenvalue weighted by Gasteiger charge is 2.51. The highest BCUT2D eigenvalue weighted by molar-refractivity contribution is 5.02. The summed E-state index contributed by atoms with van der Waals surface area (Å²) >= 11 is 0. The Morgan fingerprint density at radius 1 is 1.44 bits per heavy atom. The highest BCUT2D eigenvalue weighted by Crippen LogP contribution is 2.57. The van der Waals surface area contributed by atoms with E-state index in [9.17, 15) is 5.11 Å². The van der Waals surface area contributed by atoms with Gasteiger partial charge in [-0.15, -0.1) is 0 Å². The molecular weight excluding hydrogens is 198 g/mol. The summed E-state index contributed by atoms with van der Waals surface area (Å²) < 4.78 is 0. The van der Waals surface area contributed by atoms with Crippen molar-refractivity contribution in [3.05, 3.63) is 0 Å². The summed E-state index contributed by atoms with van der Waals surface area (Å²) in [5.41, 5.74) is 0.300. The first-order valence-electron chi connectivity index (χ1n) is 6.64. The van der Waals surface area contributed by atoms with Gasteiger partial charge in [-0.3, -0.25) is 0 Å². The average molecular weight is 221 g/mol. The Hall–Kier alpha value is -0.550. The highest BCUT2D eigenvalue weighted by atomic mass is 16.3. The van der Waals surface area contributed by atoms with Crippen LogP contribution < -0.4 is 0 Å². The van der Waals surface area contributed by atoms with Crippen molar-refractivity contribution >= 4 is 0 Å². The molecule has 0 aliphatic heterocycles. The number of nitriles is 1. The van der Waals surface area contributed by atoms with Gasteiger partial charge in [0.1, 0.15) is 0 Å². The van der Waals surface area contributed by atoms with E-state index in [2.05, 4.69) is 19.9 Å². The topological polar surface area (TPSA) is 44.0 Å². The number of nitrogens with zero attached hydrogens (tertiary/aromatic N) is 1. The van der Waals surface area contributed by atoms with Gasteiger partial charge in [-0.1, -0.05) is 20.3 Å². The Kier molecular flexibility index (Phi) is 3.26. The number of hydrogen-bond donors (Lipinski definition) is 1. The molecule has 0 spiro atoms. The third-order valence-electron chi connectivity index (χ3n) is 5.26. The normalized spacial score (nSPS) is 44.8. The molecule has 2 aliphatic carbocycles. The third kappa shape index (κ3) is 1.76. The van der Waals surface area contributed by atoms with Crippen LogP contribution in [0, 0.1) is 34.5 Å². The lowest BCUT2D eigenvalue weighted by molar-refractivity contribution is -0.0264. The first kappa shape index (κ1) is 11.9. The second-order valence-electron chi connectivity index (χ2n) is 6.10. The van der Waals surface area contributed by atoms with Crippen LogP contribution in [0.15, 0.2) is 0 Å². The molecule has 2 saturated carbocycles. The fourth-order valence-electron chi connectivity index (χ4n) is 4.41. The fraction of sp³-hybridized carbons (Fsp3) is 0.929.